The molecule has 0 radical (unpaired) electrons. The largest absolute Gasteiger partial charge is 0.476 e. The average Bonchev–Trinajstić information content (AvgIpc) is 2.66. The molecule has 2 aromatic rings. The molecular weight excluding hydrogens is 336 g/mol. The standard InChI is InChI=1S/C19H18N2O5/c1-12(22)21-11-17(26-16-6-4-3-5-15(16)21)18(23)20-14-9-7-13(8-10-14)19(24)25-2/h3-10,17H,11H2,1-2H3,(H,20,23)/t17-/m1/s1. The van der Waals surface area contributed by atoms with E-state index in [4.69, 9.17) is 4.74 Å². The van der Waals surface area contributed by atoms with E-state index in [2.05, 4.69) is 10.1 Å². The number of hydrogen-bond donors (Lipinski definition) is 1. The van der Waals surface area contributed by atoms with Crippen molar-refractivity contribution in [1.82, 2.24) is 0 Å². The predicted molar refractivity (Wildman–Crippen MR) is 95.3 cm³/mol. The molecule has 1 aliphatic rings. The van der Waals surface area contributed by atoms with E-state index < -0.39 is 12.1 Å². The molecule has 0 aromatic heterocycles. The van der Waals surface area contributed by atoms with Crippen LogP contribution in [0.15, 0.2) is 48.5 Å². The minimum atomic E-state index is -0.839. The first-order chi connectivity index (χ1) is 12.5. The van der Waals surface area contributed by atoms with Gasteiger partial charge in [0.1, 0.15) is 5.75 Å². The first-order valence-electron chi connectivity index (χ1n) is 8.02. The van der Waals surface area contributed by atoms with Gasteiger partial charge in [-0.2, -0.15) is 0 Å². The fourth-order valence-electron chi connectivity index (χ4n) is 2.70. The Morgan fingerprint density at radius 3 is 2.46 bits per heavy atom. The van der Waals surface area contributed by atoms with Crippen molar-refractivity contribution in [2.75, 3.05) is 23.9 Å². The molecule has 2 aromatic carbocycles. The summed E-state index contributed by atoms with van der Waals surface area (Å²) >= 11 is 0. The predicted octanol–water partition coefficient (Wildman–Crippen LogP) is 2.23. The molecule has 26 heavy (non-hydrogen) atoms. The van der Waals surface area contributed by atoms with Gasteiger partial charge in [-0.05, 0) is 36.4 Å². The van der Waals surface area contributed by atoms with Crippen LogP contribution in [0.3, 0.4) is 0 Å². The number of nitrogens with one attached hydrogen (secondary N) is 1. The number of fused-ring (bicyclic) bond motifs is 1. The zero-order chi connectivity index (χ0) is 18.7. The number of methoxy groups -OCH3 is 1. The smallest absolute Gasteiger partial charge is 0.337 e. The van der Waals surface area contributed by atoms with E-state index in [0.717, 1.165) is 0 Å². The zero-order valence-electron chi connectivity index (χ0n) is 14.4. The van der Waals surface area contributed by atoms with Crippen LogP contribution in [0.4, 0.5) is 11.4 Å². The Hall–Kier alpha value is -3.35. The van der Waals surface area contributed by atoms with Gasteiger partial charge in [0.2, 0.25) is 5.91 Å². The Morgan fingerprint density at radius 1 is 1.12 bits per heavy atom. The Kier molecular flexibility index (Phi) is 4.88. The van der Waals surface area contributed by atoms with Crippen molar-refractivity contribution in [2.24, 2.45) is 0 Å². The lowest BCUT2D eigenvalue weighted by atomic mass is 10.1. The molecule has 0 saturated heterocycles. The highest BCUT2D eigenvalue weighted by Crippen LogP contribution is 2.33. The highest BCUT2D eigenvalue weighted by Gasteiger charge is 2.32. The summed E-state index contributed by atoms with van der Waals surface area (Å²) < 4.78 is 10.4. The van der Waals surface area contributed by atoms with Crippen LogP contribution in [0.25, 0.3) is 0 Å². The minimum Gasteiger partial charge on any atom is -0.476 e. The molecule has 1 N–H and O–H groups in total. The van der Waals surface area contributed by atoms with E-state index in [-0.39, 0.29) is 18.4 Å². The first-order valence-corrected chi connectivity index (χ1v) is 8.02. The van der Waals surface area contributed by atoms with E-state index in [1.807, 2.05) is 0 Å². The molecule has 7 nitrogen and oxygen atoms in total. The van der Waals surface area contributed by atoms with Crippen molar-refractivity contribution in [3.63, 3.8) is 0 Å². The number of esters is 1. The summed E-state index contributed by atoms with van der Waals surface area (Å²) in [6, 6.07) is 13.4. The van der Waals surface area contributed by atoms with Crippen LogP contribution in [-0.2, 0) is 14.3 Å². The van der Waals surface area contributed by atoms with E-state index in [9.17, 15) is 14.4 Å². The number of carbonyl (C=O) groups is 3. The monoisotopic (exact) mass is 354 g/mol. The average molecular weight is 354 g/mol. The van der Waals surface area contributed by atoms with Gasteiger partial charge in [0.05, 0.1) is 24.9 Å². The van der Waals surface area contributed by atoms with Gasteiger partial charge in [0, 0.05) is 12.6 Å². The molecule has 1 aliphatic heterocycles. The Morgan fingerprint density at radius 2 is 1.81 bits per heavy atom. The van der Waals surface area contributed by atoms with Crippen LogP contribution in [0.1, 0.15) is 17.3 Å². The molecular formula is C19H18N2O5. The molecule has 0 saturated carbocycles. The number of nitrogens with zero attached hydrogens (tertiary/aromatic N) is 1. The third kappa shape index (κ3) is 3.51. The molecule has 134 valence electrons. The van der Waals surface area contributed by atoms with Gasteiger partial charge < -0.3 is 19.7 Å². The van der Waals surface area contributed by atoms with E-state index in [1.54, 1.807) is 48.5 Å². The summed E-state index contributed by atoms with van der Waals surface area (Å²) in [6.07, 6.45) is -0.839. The molecule has 0 fully saturated rings. The van der Waals surface area contributed by atoms with E-state index >= 15 is 0 Å². The SMILES string of the molecule is COC(=O)c1ccc(NC(=O)[C@H]2CN(C(C)=O)c3ccccc3O2)cc1. The maximum atomic E-state index is 12.6. The molecule has 1 atom stereocenters. The molecule has 0 spiro atoms. The number of benzene rings is 2. The quantitative estimate of drug-likeness (QED) is 0.855. The Balaban J connectivity index is 1.74. The lowest BCUT2D eigenvalue weighted by molar-refractivity contribution is -0.123. The summed E-state index contributed by atoms with van der Waals surface area (Å²) in [5.74, 6) is -0.514. The normalized spacial score (nSPS) is 15.5. The summed E-state index contributed by atoms with van der Waals surface area (Å²) in [5, 5.41) is 2.73. The number of carbonyl (C=O) groups excluding carboxylic acids is 3. The number of anilines is 2. The third-order valence-corrected chi connectivity index (χ3v) is 4.02. The van der Waals surface area contributed by atoms with Crippen LogP contribution >= 0.6 is 0 Å². The Bertz CT molecular complexity index is 847. The molecule has 7 heteroatoms. The van der Waals surface area contributed by atoms with Crippen LogP contribution < -0.4 is 15.0 Å². The van der Waals surface area contributed by atoms with Gasteiger partial charge in [-0.3, -0.25) is 9.59 Å². The second-order valence-electron chi connectivity index (χ2n) is 5.76. The van der Waals surface area contributed by atoms with Crippen molar-refractivity contribution in [2.45, 2.75) is 13.0 Å². The molecule has 1 heterocycles. The molecule has 0 unspecified atom stereocenters. The minimum absolute atomic E-state index is 0.123. The Labute approximate surface area is 150 Å². The van der Waals surface area contributed by atoms with Crippen molar-refractivity contribution in [1.29, 1.82) is 0 Å². The number of hydrogen-bond acceptors (Lipinski definition) is 5. The van der Waals surface area contributed by atoms with Crippen LogP contribution in [0, 0.1) is 0 Å². The van der Waals surface area contributed by atoms with E-state index in [1.165, 1.54) is 18.9 Å². The first kappa shape index (κ1) is 17.5. The number of para-hydroxylation sites is 2. The molecule has 3 rings (SSSR count). The van der Waals surface area contributed by atoms with Gasteiger partial charge in [-0.1, -0.05) is 12.1 Å². The van der Waals surface area contributed by atoms with Gasteiger partial charge in [-0.15, -0.1) is 0 Å². The summed E-state index contributed by atoms with van der Waals surface area (Å²) in [7, 11) is 1.30. The fourth-order valence-corrected chi connectivity index (χ4v) is 2.70. The molecule has 0 bridgehead atoms. The van der Waals surface area contributed by atoms with Crippen molar-refractivity contribution < 1.29 is 23.9 Å². The van der Waals surface area contributed by atoms with Crippen molar-refractivity contribution in [3.05, 3.63) is 54.1 Å². The topological polar surface area (TPSA) is 84.9 Å². The third-order valence-electron chi connectivity index (χ3n) is 4.02. The fraction of sp³-hybridized carbons (Fsp3) is 0.211. The molecule has 2 amide bonds. The van der Waals surface area contributed by atoms with Crippen LogP contribution in [0.5, 0.6) is 5.75 Å². The summed E-state index contributed by atoms with van der Waals surface area (Å²) in [4.78, 5) is 37.4. The second-order valence-corrected chi connectivity index (χ2v) is 5.76. The summed E-state index contributed by atoms with van der Waals surface area (Å²) in [6.45, 7) is 1.57. The maximum Gasteiger partial charge on any atom is 0.337 e. The lowest BCUT2D eigenvalue weighted by Crippen LogP contribution is -2.48. The van der Waals surface area contributed by atoms with Crippen LogP contribution in [-0.4, -0.2) is 37.5 Å². The van der Waals surface area contributed by atoms with Crippen molar-refractivity contribution in [3.8, 4) is 5.75 Å². The second kappa shape index (κ2) is 7.26. The number of rotatable bonds is 3. The van der Waals surface area contributed by atoms with Crippen molar-refractivity contribution >= 4 is 29.2 Å². The highest BCUT2D eigenvalue weighted by atomic mass is 16.5. The van der Waals surface area contributed by atoms with Gasteiger partial charge in [-0.25, -0.2) is 4.79 Å². The summed E-state index contributed by atoms with van der Waals surface area (Å²) in [5.41, 5.74) is 1.54. The van der Waals surface area contributed by atoms with E-state index in [0.29, 0.717) is 22.7 Å². The van der Waals surface area contributed by atoms with Gasteiger partial charge in [0.15, 0.2) is 6.10 Å². The maximum absolute atomic E-state index is 12.6. The van der Waals surface area contributed by atoms with Crippen LogP contribution in [0.2, 0.25) is 0 Å². The highest BCUT2D eigenvalue weighted by molar-refractivity contribution is 5.99. The number of ether oxygens (including phenoxy) is 2. The van der Waals surface area contributed by atoms with Gasteiger partial charge >= 0.3 is 5.97 Å². The van der Waals surface area contributed by atoms with Gasteiger partial charge in [0.25, 0.3) is 5.91 Å². The number of amides is 2. The lowest BCUT2D eigenvalue weighted by Gasteiger charge is -2.33. The molecule has 0 aliphatic carbocycles. The zero-order valence-corrected chi connectivity index (χ0v) is 14.4.